The average Bonchev–Trinajstić information content (AvgIpc) is 1.36. The van der Waals surface area contributed by atoms with Gasteiger partial charge in [0.1, 0.15) is 0 Å². The molecule has 0 rings (SSSR count). The first-order valence-corrected chi connectivity index (χ1v) is 6.10. The van der Waals surface area contributed by atoms with Crippen molar-refractivity contribution in [2.24, 2.45) is 0 Å². The average molecular weight is 152 g/mol. The molecule has 0 fully saturated rings. The molecule has 0 saturated heterocycles. The van der Waals surface area contributed by atoms with Gasteiger partial charge in [-0.2, -0.15) is 4.21 Å². The third kappa shape index (κ3) is 123. The van der Waals surface area contributed by atoms with Gasteiger partial charge in [0.15, 0.2) is 0 Å². The van der Waals surface area contributed by atoms with Crippen LogP contribution in [0, 0.1) is 0 Å². The minimum absolute atomic E-state index is 1.31. The summed E-state index contributed by atoms with van der Waals surface area (Å²) >= 11 is 4.77. The molecule has 3 nitrogen and oxygen atoms in total. The van der Waals surface area contributed by atoms with Crippen LogP contribution >= 0.6 is 0 Å². The summed E-state index contributed by atoms with van der Waals surface area (Å²) in [6, 6.07) is 0. The summed E-state index contributed by atoms with van der Waals surface area (Å²) < 4.78 is 26.1. The van der Waals surface area contributed by atoms with Gasteiger partial charge in [-0.05, 0) is 0 Å². The Kier molecular flexibility index (Phi) is 8.63. The van der Waals surface area contributed by atoms with Crippen molar-refractivity contribution < 1.29 is 13.3 Å². The van der Waals surface area contributed by atoms with E-state index in [1.165, 1.54) is 27.9 Å². The normalized spacial score (nSPS) is 9.29. The molecule has 6 heteroatoms. The molecular formula is CH5NaO3S2. The van der Waals surface area contributed by atoms with Crippen LogP contribution in [0.5, 0.6) is 0 Å². The molecule has 7 heavy (non-hydrogen) atoms. The topological polar surface area (TPSA) is 57.5 Å². The zero-order valence-corrected chi connectivity index (χ0v) is 7.75. The molecule has 0 saturated carbocycles. The predicted molar refractivity (Wildman–Crippen MR) is 32.4 cm³/mol. The minimum atomic E-state index is -3.83. The fourth-order valence-electron chi connectivity index (χ4n) is 0. The summed E-state index contributed by atoms with van der Waals surface area (Å²) in [7, 11) is -3.83. The molecule has 0 unspecified atom stereocenters. The predicted octanol–water partition coefficient (Wildman–Crippen LogP) is -0.118. The van der Waals surface area contributed by atoms with Gasteiger partial charge in [0.2, 0.25) is 0 Å². The maximum absolute atomic E-state index is 9.11. The van der Waals surface area contributed by atoms with Crippen molar-refractivity contribution in [3.8, 4) is 0 Å². The van der Waals surface area contributed by atoms with E-state index in [0.29, 0.717) is 0 Å². The first-order valence-electron chi connectivity index (χ1n) is 1.70. The van der Waals surface area contributed by atoms with Crippen LogP contribution in [-0.2, 0) is 20.2 Å². The Labute approximate surface area is 65.2 Å². The van der Waals surface area contributed by atoms with E-state index in [1.54, 1.807) is 0 Å². The van der Waals surface area contributed by atoms with Crippen LogP contribution in [0.1, 0.15) is 0 Å². The van der Waals surface area contributed by atoms with Gasteiger partial charge in [-0.25, -0.2) is 0 Å². The van der Waals surface area contributed by atoms with Crippen LogP contribution in [0.4, 0.5) is 0 Å². The van der Waals surface area contributed by atoms with E-state index in [9.17, 15) is 0 Å². The molecule has 0 aliphatic carbocycles. The Balaban J connectivity index is 0. The summed E-state index contributed by atoms with van der Waals surface area (Å²) in [5.41, 5.74) is 0. The second-order valence-corrected chi connectivity index (χ2v) is 2.65. The fourth-order valence-corrected chi connectivity index (χ4v) is 0. The van der Waals surface area contributed by atoms with Crippen LogP contribution in [0.25, 0.3) is 0 Å². The summed E-state index contributed by atoms with van der Waals surface area (Å²) in [5.74, 6) is 0. The third-order valence-corrected chi connectivity index (χ3v) is 0. The standard InChI is InChI=1S/CH3.Na.H2O3S2/c;;1-5(2,3)4/h1H3;;(H2,1,2,3,4). The molecule has 0 radical (unpaired) electrons. The molecule has 0 aliphatic heterocycles. The van der Waals surface area contributed by atoms with Gasteiger partial charge in [0, 0.05) is 11.2 Å². The molecule has 0 amide bonds. The van der Waals surface area contributed by atoms with Gasteiger partial charge in [-0.1, -0.05) is 0 Å². The number of rotatable bonds is 0. The van der Waals surface area contributed by atoms with Gasteiger partial charge >= 0.3 is 32.1 Å². The summed E-state index contributed by atoms with van der Waals surface area (Å²) in [5, 5.41) is 0. The molecule has 0 atom stereocenters. The first-order chi connectivity index (χ1) is 3.00. The number of hydrogen-bond acceptors (Lipinski definition) is 2. The van der Waals surface area contributed by atoms with Crippen LogP contribution in [0.15, 0.2) is 0 Å². The molecule has 0 heterocycles. The van der Waals surface area contributed by atoms with Crippen molar-refractivity contribution in [3.05, 3.63) is 0 Å². The Morgan fingerprint density at radius 2 is 1.57 bits per heavy atom. The fraction of sp³-hybridized carbons (Fsp3) is 1.00. The third-order valence-electron chi connectivity index (χ3n) is 0. The van der Waals surface area contributed by atoms with Crippen LogP contribution in [0.3, 0.4) is 0 Å². The van der Waals surface area contributed by atoms with Gasteiger partial charge in [-0.15, -0.1) is 0 Å². The monoisotopic (exact) mass is 152 g/mol. The summed E-state index contributed by atoms with van der Waals surface area (Å²) in [6.45, 7) is 0. The van der Waals surface area contributed by atoms with Crippen LogP contribution in [0.2, 0.25) is 4.17 Å². The van der Waals surface area contributed by atoms with Crippen molar-refractivity contribution in [3.63, 3.8) is 0 Å². The SMILES string of the molecule is O=S(O)(O)=S.[CH3][Na]. The van der Waals surface area contributed by atoms with Crippen molar-refractivity contribution in [2.45, 2.75) is 4.17 Å². The van der Waals surface area contributed by atoms with E-state index >= 15 is 0 Å². The Morgan fingerprint density at radius 3 is 1.57 bits per heavy atom. The van der Waals surface area contributed by atoms with E-state index in [4.69, 9.17) is 13.3 Å². The van der Waals surface area contributed by atoms with E-state index in [-0.39, 0.29) is 0 Å². The van der Waals surface area contributed by atoms with E-state index in [2.05, 4.69) is 15.4 Å². The molecule has 0 aromatic heterocycles. The van der Waals surface area contributed by atoms with Crippen LogP contribution < -0.4 is 0 Å². The zero-order chi connectivity index (χ0) is 6.50. The van der Waals surface area contributed by atoms with Gasteiger partial charge in [0.05, 0.1) is 0 Å². The van der Waals surface area contributed by atoms with Gasteiger partial charge < -0.3 is 0 Å². The second kappa shape index (κ2) is 5.43. The Hall–Kier alpha value is 1.29. The molecule has 0 aliphatic rings. The molecule has 0 aromatic rings. The molecule has 2 N–H and O–H groups in total. The maximum atomic E-state index is 9.11. The van der Waals surface area contributed by atoms with Crippen molar-refractivity contribution >= 4 is 48.2 Å². The number of hydrogen-bond donors (Lipinski definition) is 2. The van der Waals surface area contributed by atoms with Crippen molar-refractivity contribution in [2.75, 3.05) is 0 Å². The molecule has 0 spiro atoms. The molecule has 0 bridgehead atoms. The van der Waals surface area contributed by atoms with Crippen molar-refractivity contribution in [1.82, 2.24) is 0 Å². The molecule has 40 valence electrons. The van der Waals surface area contributed by atoms with E-state index in [1.807, 2.05) is 0 Å². The Morgan fingerprint density at radius 1 is 1.57 bits per heavy atom. The quantitative estimate of drug-likeness (QED) is 0.475. The van der Waals surface area contributed by atoms with Gasteiger partial charge in [-0.3, -0.25) is 9.11 Å². The van der Waals surface area contributed by atoms with Crippen molar-refractivity contribution in [1.29, 1.82) is 0 Å². The summed E-state index contributed by atoms with van der Waals surface area (Å²) in [6.07, 6.45) is 0. The Bertz CT molecular complexity index is 96.1. The van der Waals surface area contributed by atoms with Gasteiger partial charge in [0.25, 0.3) is 9.05 Å². The van der Waals surface area contributed by atoms with E-state index < -0.39 is 9.05 Å². The first kappa shape index (κ1) is 11.1. The molecular weight excluding hydrogens is 147 g/mol. The summed E-state index contributed by atoms with van der Waals surface area (Å²) in [4.78, 5) is 0. The zero-order valence-electron chi connectivity index (χ0n) is 4.12. The second-order valence-electron chi connectivity index (χ2n) is 0.448. The van der Waals surface area contributed by atoms with E-state index in [0.717, 1.165) is 0 Å². The molecule has 0 aromatic carbocycles. The van der Waals surface area contributed by atoms with Crippen LogP contribution in [-0.4, -0.2) is 41.2 Å².